The second-order valence-corrected chi connectivity index (χ2v) is 8.88. The fourth-order valence-corrected chi connectivity index (χ4v) is 4.73. The molecule has 2 aromatic carbocycles. The molecule has 6 heteroatoms. The van der Waals surface area contributed by atoms with Gasteiger partial charge < -0.3 is 14.7 Å². The fraction of sp³-hybridized carbons (Fsp3) is 0.167. The first-order chi connectivity index (χ1) is 14.5. The van der Waals surface area contributed by atoms with E-state index in [0.29, 0.717) is 22.4 Å². The number of nitrogens with zero attached hydrogens (tertiary/aromatic N) is 1. The number of allylic oxidation sites excluding steroid dienone is 1. The van der Waals surface area contributed by atoms with E-state index in [4.69, 9.17) is 12.2 Å². The summed E-state index contributed by atoms with van der Waals surface area (Å²) in [5.74, 6) is -0.00384. The van der Waals surface area contributed by atoms with Crippen LogP contribution in [0.5, 0.6) is 0 Å². The highest BCUT2D eigenvalue weighted by Crippen LogP contribution is 2.28. The van der Waals surface area contributed by atoms with Crippen molar-refractivity contribution in [1.82, 2.24) is 9.55 Å². The molecule has 4 nitrogen and oxygen atoms in total. The summed E-state index contributed by atoms with van der Waals surface area (Å²) in [6.45, 7) is 4.55. The molecule has 0 unspecified atom stereocenters. The fourth-order valence-electron chi connectivity index (χ4n) is 3.59. The maximum Gasteiger partial charge on any atom is 0.217 e. The summed E-state index contributed by atoms with van der Waals surface area (Å²) in [5, 5.41) is 10.4. The van der Waals surface area contributed by atoms with Crippen molar-refractivity contribution in [3.05, 3.63) is 91.7 Å². The van der Waals surface area contributed by atoms with Crippen LogP contribution in [0.1, 0.15) is 30.0 Å². The van der Waals surface area contributed by atoms with E-state index in [1.54, 1.807) is 12.3 Å². The molecule has 2 N–H and O–H groups in total. The minimum atomic E-state index is -0.233. The number of hydrogen-bond acceptors (Lipinski definition) is 4. The molecular formula is C24H22N2O2S2. The number of aliphatic hydroxyl groups excluding tert-OH is 1. The van der Waals surface area contributed by atoms with Gasteiger partial charge in [0.15, 0.2) is 3.95 Å². The molecule has 0 saturated heterocycles. The number of aryl methyl sites for hydroxylation is 1. The Hall–Kier alpha value is -2.96. The number of benzene rings is 2. The van der Waals surface area contributed by atoms with Gasteiger partial charge in [0.25, 0.3) is 0 Å². The van der Waals surface area contributed by atoms with Crippen molar-refractivity contribution >= 4 is 39.7 Å². The van der Waals surface area contributed by atoms with Gasteiger partial charge >= 0.3 is 0 Å². The van der Waals surface area contributed by atoms with Crippen LogP contribution in [0.15, 0.2) is 65.6 Å². The van der Waals surface area contributed by atoms with Crippen LogP contribution in [-0.4, -0.2) is 14.7 Å². The van der Waals surface area contributed by atoms with Gasteiger partial charge in [-0.1, -0.05) is 72.4 Å². The molecule has 30 heavy (non-hydrogen) atoms. The van der Waals surface area contributed by atoms with E-state index in [2.05, 4.69) is 42.2 Å². The van der Waals surface area contributed by atoms with Crippen LogP contribution in [0.25, 0.3) is 27.2 Å². The maximum atomic E-state index is 12.9. The Labute approximate surface area is 183 Å². The molecule has 2 heterocycles. The van der Waals surface area contributed by atoms with Gasteiger partial charge in [0.1, 0.15) is 16.1 Å². The molecule has 0 spiro atoms. The van der Waals surface area contributed by atoms with E-state index in [0.717, 1.165) is 21.5 Å². The molecule has 0 aliphatic rings. The normalized spacial score (nSPS) is 11.9. The van der Waals surface area contributed by atoms with Gasteiger partial charge in [0.05, 0.1) is 5.56 Å². The molecule has 0 aliphatic heterocycles. The van der Waals surface area contributed by atoms with Crippen LogP contribution in [0.3, 0.4) is 0 Å². The van der Waals surface area contributed by atoms with Gasteiger partial charge in [-0.15, -0.1) is 0 Å². The predicted molar refractivity (Wildman–Crippen MR) is 128 cm³/mol. The number of thiazole rings is 1. The monoisotopic (exact) mass is 434 g/mol. The quantitative estimate of drug-likeness (QED) is 0.280. The highest BCUT2D eigenvalue weighted by Gasteiger charge is 2.16. The second kappa shape index (κ2) is 8.42. The summed E-state index contributed by atoms with van der Waals surface area (Å²) in [7, 11) is 0. The van der Waals surface area contributed by atoms with E-state index in [-0.39, 0.29) is 16.8 Å². The predicted octanol–water partition coefficient (Wildman–Crippen LogP) is 6.45. The number of aliphatic hydroxyl groups is 1. The van der Waals surface area contributed by atoms with Gasteiger partial charge in [-0.05, 0) is 48.3 Å². The van der Waals surface area contributed by atoms with Gasteiger partial charge in [-0.3, -0.25) is 4.79 Å². The van der Waals surface area contributed by atoms with Crippen LogP contribution in [-0.2, 0) is 6.54 Å². The second-order valence-electron chi connectivity index (χ2n) is 7.22. The third-order valence-electron chi connectivity index (χ3n) is 5.01. The average Bonchev–Trinajstić information content (AvgIpc) is 3.14. The standard InChI is InChI=1S/C24H22N2O2S2/c1-3-7-20(27)19-14-26(23-21(22(19)28)25-24(29)30-23)13-17-11-10-15(2)12-18(17)16-8-5-4-6-9-16/h4-12,14,27H,3,13H2,1-2H3,(H,25,29). The van der Waals surface area contributed by atoms with E-state index in [1.165, 1.54) is 16.9 Å². The molecule has 4 aromatic rings. The number of aromatic nitrogens is 2. The maximum absolute atomic E-state index is 12.9. The third-order valence-corrected chi connectivity index (χ3v) is 6.28. The molecule has 0 saturated carbocycles. The highest BCUT2D eigenvalue weighted by atomic mass is 32.1. The minimum Gasteiger partial charge on any atom is -0.507 e. The number of fused-ring (bicyclic) bond motifs is 1. The molecule has 0 aliphatic carbocycles. The van der Waals surface area contributed by atoms with E-state index < -0.39 is 0 Å². The number of aromatic amines is 1. The summed E-state index contributed by atoms with van der Waals surface area (Å²) in [6, 6.07) is 16.7. The smallest absolute Gasteiger partial charge is 0.217 e. The Morgan fingerprint density at radius 3 is 2.73 bits per heavy atom. The molecule has 0 atom stereocenters. The molecule has 152 valence electrons. The lowest BCUT2D eigenvalue weighted by Crippen LogP contribution is -2.14. The molecule has 4 rings (SSSR count). The van der Waals surface area contributed by atoms with Gasteiger partial charge in [-0.25, -0.2) is 0 Å². The summed E-state index contributed by atoms with van der Waals surface area (Å²) < 4.78 is 2.54. The Kier molecular flexibility index (Phi) is 5.70. The largest absolute Gasteiger partial charge is 0.507 e. The molecule has 0 radical (unpaired) electrons. The minimum absolute atomic E-state index is 0.00384. The first kappa shape index (κ1) is 20.3. The van der Waals surface area contributed by atoms with E-state index >= 15 is 0 Å². The number of hydrogen-bond donors (Lipinski definition) is 2. The van der Waals surface area contributed by atoms with E-state index in [1.807, 2.05) is 29.7 Å². The van der Waals surface area contributed by atoms with Crippen molar-refractivity contribution in [1.29, 1.82) is 0 Å². The first-order valence-electron chi connectivity index (χ1n) is 9.78. The third kappa shape index (κ3) is 3.88. The molecule has 0 bridgehead atoms. The molecular weight excluding hydrogens is 412 g/mol. The van der Waals surface area contributed by atoms with Gasteiger partial charge in [0.2, 0.25) is 5.43 Å². The van der Waals surface area contributed by atoms with Crippen molar-refractivity contribution < 1.29 is 5.11 Å². The zero-order valence-electron chi connectivity index (χ0n) is 16.8. The molecule has 2 aromatic heterocycles. The summed E-state index contributed by atoms with van der Waals surface area (Å²) >= 11 is 6.68. The Balaban J connectivity index is 1.92. The Bertz CT molecular complexity index is 1360. The van der Waals surface area contributed by atoms with Crippen molar-refractivity contribution in [2.45, 2.75) is 26.8 Å². The summed E-state index contributed by atoms with van der Waals surface area (Å²) in [4.78, 5) is 16.7. The number of rotatable bonds is 5. The number of pyridine rings is 1. The van der Waals surface area contributed by atoms with Crippen molar-refractivity contribution in [3.63, 3.8) is 0 Å². The lowest BCUT2D eigenvalue weighted by Gasteiger charge is -2.15. The summed E-state index contributed by atoms with van der Waals surface area (Å²) in [6.07, 6.45) is 4.02. The highest BCUT2D eigenvalue weighted by molar-refractivity contribution is 7.73. The van der Waals surface area contributed by atoms with Crippen LogP contribution in [0.2, 0.25) is 0 Å². The summed E-state index contributed by atoms with van der Waals surface area (Å²) in [5.41, 5.74) is 5.09. The zero-order valence-corrected chi connectivity index (χ0v) is 18.4. The van der Waals surface area contributed by atoms with Gasteiger partial charge in [0, 0.05) is 12.7 Å². The lowest BCUT2D eigenvalue weighted by molar-refractivity contribution is 0.508. The SMILES string of the molecule is CCC=C(O)c1cn(Cc2ccc(C)cc2-c2ccccc2)c2sc(=S)[nH]c2c1=O. The Morgan fingerprint density at radius 1 is 1.23 bits per heavy atom. The number of H-pyrrole nitrogens is 1. The first-order valence-corrected chi connectivity index (χ1v) is 11.0. The molecule has 0 fully saturated rings. The van der Waals surface area contributed by atoms with E-state index in [9.17, 15) is 9.90 Å². The van der Waals surface area contributed by atoms with Crippen molar-refractivity contribution in [3.8, 4) is 11.1 Å². The Morgan fingerprint density at radius 2 is 2.00 bits per heavy atom. The van der Waals surface area contributed by atoms with Crippen LogP contribution >= 0.6 is 23.6 Å². The molecule has 0 amide bonds. The van der Waals surface area contributed by atoms with Crippen LogP contribution < -0.4 is 5.43 Å². The number of nitrogens with one attached hydrogen (secondary N) is 1. The van der Waals surface area contributed by atoms with Gasteiger partial charge in [-0.2, -0.15) is 0 Å². The average molecular weight is 435 g/mol. The van der Waals surface area contributed by atoms with Crippen LogP contribution in [0.4, 0.5) is 0 Å². The van der Waals surface area contributed by atoms with Crippen molar-refractivity contribution in [2.24, 2.45) is 0 Å². The zero-order chi connectivity index (χ0) is 21.3. The lowest BCUT2D eigenvalue weighted by atomic mass is 9.97. The van der Waals surface area contributed by atoms with Crippen LogP contribution in [0, 0.1) is 10.9 Å². The topological polar surface area (TPSA) is 58.0 Å². The van der Waals surface area contributed by atoms with Crippen molar-refractivity contribution in [2.75, 3.05) is 0 Å².